The van der Waals surface area contributed by atoms with Crippen LogP contribution in [-0.4, -0.2) is 24.6 Å². The summed E-state index contributed by atoms with van der Waals surface area (Å²) in [6, 6.07) is 6.36. The molecule has 3 N–H and O–H groups in total. The van der Waals surface area contributed by atoms with Crippen LogP contribution in [0.15, 0.2) is 39.8 Å². The first-order valence-electron chi connectivity index (χ1n) is 5.21. The summed E-state index contributed by atoms with van der Waals surface area (Å²) in [6.45, 7) is 0. The molecule has 1 aromatic carbocycles. The van der Waals surface area contributed by atoms with E-state index in [1.165, 1.54) is 18.3 Å². The first-order valence-corrected chi connectivity index (χ1v) is 7.90. The van der Waals surface area contributed by atoms with Gasteiger partial charge in [0.1, 0.15) is 5.82 Å². The molecule has 6 nitrogen and oxygen atoms in total. The summed E-state index contributed by atoms with van der Waals surface area (Å²) >= 11 is 3.30. The Bertz CT molecular complexity index is 701. The monoisotopic (exact) mass is 342 g/mol. The summed E-state index contributed by atoms with van der Waals surface area (Å²) in [5, 5.41) is 3.02. The molecule has 8 heteroatoms. The van der Waals surface area contributed by atoms with E-state index in [1.54, 1.807) is 12.1 Å². The van der Waals surface area contributed by atoms with Gasteiger partial charge in [-0.15, -0.1) is 0 Å². The van der Waals surface area contributed by atoms with Crippen LogP contribution in [0.1, 0.15) is 0 Å². The van der Waals surface area contributed by atoms with Gasteiger partial charge < -0.3 is 11.1 Å². The lowest BCUT2D eigenvalue weighted by Crippen LogP contribution is -2.01. The minimum atomic E-state index is -3.19. The van der Waals surface area contributed by atoms with Gasteiger partial charge in [-0.2, -0.15) is 4.98 Å². The van der Waals surface area contributed by atoms with Crippen molar-refractivity contribution in [2.75, 3.05) is 17.3 Å². The van der Waals surface area contributed by atoms with Crippen molar-refractivity contribution < 1.29 is 8.42 Å². The average molecular weight is 343 g/mol. The molecule has 0 aliphatic heterocycles. The number of anilines is 3. The first-order chi connectivity index (χ1) is 8.86. The lowest BCUT2D eigenvalue weighted by Gasteiger charge is -2.08. The molecule has 0 spiro atoms. The minimum absolute atomic E-state index is 0.151. The maximum atomic E-state index is 11.3. The van der Waals surface area contributed by atoms with E-state index in [0.29, 0.717) is 16.0 Å². The summed E-state index contributed by atoms with van der Waals surface area (Å²) in [4.78, 5) is 8.12. The largest absolute Gasteiger partial charge is 0.368 e. The summed E-state index contributed by atoms with van der Waals surface area (Å²) in [5.41, 5.74) is 6.20. The Hall–Kier alpha value is -1.67. The Morgan fingerprint density at radius 1 is 1.26 bits per heavy atom. The molecule has 100 valence electrons. The quantitative estimate of drug-likeness (QED) is 0.884. The summed E-state index contributed by atoms with van der Waals surface area (Å²) in [7, 11) is -3.19. The molecule has 19 heavy (non-hydrogen) atoms. The van der Waals surface area contributed by atoms with Gasteiger partial charge >= 0.3 is 0 Å². The van der Waals surface area contributed by atoms with Crippen LogP contribution in [0.4, 0.5) is 17.5 Å². The number of nitrogens with two attached hydrogens (primary N) is 1. The van der Waals surface area contributed by atoms with Gasteiger partial charge in [-0.3, -0.25) is 0 Å². The lowest BCUT2D eigenvalue weighted by molar-refractivity contribution is 0.602. The standard InChI is InChI=1S/C11H11BrN4O2S/c1-19(17,18)8-4-2-7(3-5-8)15-10-9(12)6-14-11(13)16-10/h2-6H,1H3,(H3,13,14,15,16). The second-order valence-corrected chi connectivity index (χ2v) is 6.72. The number of hydrogen-bond acceptors (Lipinski definition) is 6. The molecule has 2 rings (SSSR count). The van der Waals surface area contributed by atoms with Crippen LogP contribution in [0.3, 0.4) is 0 Å². The average Bonchev–Trinajstić information content (AvgIpc) is 2.33. The van der Waals surface area contributed by atoms with Crippen molar-refractivity contribution in [1.82, 2.24) is 9.97 Å². The van der Waals surface area contributed by atoms with E-state index in [-0.39, 0.29) is 10.8 Å². The number of sulfone groups is 1. The van der Waals surface area contributed by atoms with E-state index in [4.69, 9.17) is 5.73 Å². The van der Waals surface area contributed by atoms with E-state index in [9.17, 15) is 8.42 Å². The second-order valence-electron chi connectivity index (χ2n) is 3.85. The van der Waals surface area contributed by atoms with Gasteiger partial charge in [0.05, 0.1) is 9.37 Å². The molecule has 2 aromatic rings. The predicted molar refractivity (Wildman–Crippen MR) is 77.0 cm³/mol. The number of nitrogen functional groups attached to an aromatic ring is 1. The van der Waals surface area contributed by atoms with E-state index < -0.39 is 9.84 Å². The molecule has 0 saturated heterocycles. The first kappa shape index (κ1) is 13.8. The SMILES string of the molecule is CS(=O)(=O)c1ccc(Nc2nc(N)ncc2Br)cc1. The van der Waals surface area contributed by atoms with Crippen molar-refractivity contribution in [2.24, 2.45) is 0 Å². The molecule has 1 heterocycles. The fraction of sp³-hybridized carbons (Fsp3) is 0.0909. The van der Waals surface area contributed by atoms with Crippen LogP contribution in [0, 0.1) is 0 Å². The molecule has 0 radical (unpaired) electrons. The highest BCUT2D eigenvalue weighted by Gasteiger charge is 2.07. The zero-order valence-electron chi connectivity index (χ0n) is 9.96. The topological polar surface area (TPSA) is 98.0 Å². The molecule has 0 amide bonds. The Morgan fingerprint density at radius 2 is 1.89 bits per heavy atom. The zero-order chi connectivity index (χ0) is 14.0. The van der Waals surface area contributed by atoms with Crippen LogP contribution >= 0.6 is 15.9 Å². The number of rotatable bonds is 3. The van der Waals surface area contributed by atoms with Gasteiger partial charge in [-0.1, -0.05) is 0 Å². The maximum Gasteiger partial charge on any atom is 0.222 e. The number of nitrogens with one attached hydrogen (secondary N) is 1. The fourth-order valence-corrected chi connectivity index (χ4v) is 2.31. The van der Waals surface area contributed by atoms with Gasteiger partial charge in [-0.05, 0) is 40.2 Å². The van der Waals surface area contributed by atoms with Gasteiger partial charge in [-0.25, -0.2) is 13.4 Å². The number of nitrogens with zero attached hydrogens (tertiary/aromatic N) is 2. The third-order valence-electron chi connectivity index (χ3n) is 2.31. The molecular weight excluding hydrogens is 332 g/mol. The van der Waals surface area contributed by atoms with Crippen molar-refractivity contribution in [3.05, 3.63) is 34.9 Å². The predicted octanol–water partition coefficient (Wildman–Crippen LogP) is 1.97. The zero-order valence-corrected chi connectivity index (χ0v) is 12.4. The van der Waals surface area contributed by atoms with Crippen molar-refractivity contribution >= 4 is 43.2 Å². The normalized spacial score (nSPS) is 11.3. The molecule has 0 unspecified atom stereocenters. The number of benzene rings is 1. The number of aromatic nitrogens is 2. The molecular formula is C11H11BrN4O2S. The molecule has 0 saturated carbocycles. The van der Waals surface area contributed by atoms with Crippen molar-refractivity contribution in [1.29, 1.82) is 0 Å². The van der Waals surface area contributed by atoms with Crippen molar-refractivity contribution in [3.8, 4) is 0 Å². The smallest absolute Gasteiger partial charge is 0.222 e. The Labute approximate surface area is 119 Å². The third-order valence-corrected chi connectivity index (χ3v) is 4.02. The minimum Gasteiger partial charge on any atom is -0.368 e. The third kappa shape index (κ3) is 3.42. The van der Waals surface area contributed by atoms with Crippen molar-refractivity contribution in [3.63, 3.8) is 0 Å². The van der Waals surface area contributed by atoms with E-state index >= 15 is 0 Å². The molecule has 1 aromatic heterocycles. The van der Waals surface area contributed by atoms with Gasteiger partial charge in [0.25, 0.3) is 0 Å². The Morgan fingerprint density at radius 3 is 2.47 bits per heavy atom. The number of halogens is 1. The van der Waals surface area contributed by atoms with Gasteiger partial charge in [0.15, 0.2) is 9.84 Å². The lowest BCUT2D eigenvalue weighted by atomic mass is 10.3. The summed E-state index contributed by atoms with van der Waals surface area (Å²) < 4.78 is 23.3. The number of hydrogen-bond donors (Lipinski definition) is 2. The summed E-state index contributed by atoms with van der Waals surface area (Å²) in [6.07, 6.45) is 2.70. The molecule has 0 atom stereocenters. The van der Waals surface area contributed by atoms with E-state index in [0.717, 1.165) is 6.26 Å². The van der Waals surface area contributed by atoms with Crippen LogP contribution in [0.5, 0.6) is 0 Å². The van der Waals surface area contributed by atoms with Crippen molar-refractivity contribution in [2.45, 2.75) is 4.90 Å². The van der Waals surface area contributed by atoms with E-state index in [2.05, 4.69) is 31.2 Å². The van der Waals surface area contributed by atoms with E-state index in [1.807, 2.05) is 0 Å². The van der Waals surface area contributed by atoms with Crippen LogP contribution in [-0.2, 0) is 9.84 Å². The highest BCUT2D eigenvalue weighted by atomic mass is 79.9. The molecule has 0 aliphatic carbocycles. The molecule has 0 bridgehead atoms. The van der Waals surface area contributed by atoms with Crippen LogP contribution in [0.2, 0.25) is 0 Å². The van der Waals surface area contributed by atoms with Gasteiger partial charge in [0, 0.05) is 18.1 Å². The van der Waals surface area contributed by atoms with Gasteiger partial charge in [0.2, 0.25) is 5.95 Å². The highest BCUT2D eigenvalue weighted by Crippen LogP contribution is 2.24. The fourth-order valence-electron chi connectivity index (χ4n) is 1.39. The van der Waals surface area contributed by atoms with Crippen LogP contribution < -0.4 is 11.1 Å². The molecule has 0 fully saturated rings. The highest BCUT2D eigenvalue weighted by molar-refractivity contribution is 9.10. The Balaban J connectivity index is 2.27. The molecule has 0 aliphatic rings. The maximum absolute atomic E-state index is 11.3. The second kappa shape index (κ2) is 5.14. The summed E-state index contributed by atoms with van der Waals surface area (Å²) in [5.74, 6) is 0.665. The van der Waals surface area contributed by atoms with Crippen LogP contribution in [0.25, 0.3) is 0 Å². The Kier molecular flexibility index (Phi) is 3.72.